The lowest BCUT2D eigenvalue weighted by atomic mass is 9.99. The highest BCUT2D eigenvalue weighted by molar-refractivity contribution is 7.98. The van der Waals surface area contributed by atoms with Crippen LogP contribution >= 0.6 is 23.4 Å². The standard InChI is InChI=1S/C30H40ClN3O4S/c1-18-10-8-12-21(16-18)26(27(35)33-25-19(2)11-9-13-22(25)31)34(24-17-20(24)3)28(36)23(14-15-39-7)32-29(37)38-30(4,5)6/h8-13,16,20,23-24,26H,14-15,17H2,1-7H3,(H,32,37)(H,33,35). The average molecular weight is 574 g/mol. The van der Waals surface area contributed by atoms with Gasteiger partial charge < -0.3 is 20.3 Å². The molecule has 212 valence electrons. The summed E-state index contributed by atoms with van der Waals surface area (Å²) in [5.74, 6) is 0.214. The summed E-state index contributed by atoms with van der Waals surface area (Å²) in [7, 11) is 0. The molecule has 4 atom stereocenters. The number of alkyl carbamates (subject to hydrolysis) is 1. The minimum Gasteiger partial charge on any atom is -0.444 e. The molecule has 3 rings (SSSR count). The van der Waals surface area contributed by atoms with Crippen LogP contribution in [0.4, 0.5) is 10.5 Å². The number of thioether (sulfide) groups is 1. The molecular weight excluding hydrogens is 534 g/mol. The molecule has 0 bridgehead atoms. The van der Waals surface area contributed by atoms with Gasteiger partial charge in [0.1, 0.15) is 17.7 Å². The van der Waals surface area contributed by atoms with Crippen LogP contribution in [-0.2, 0) is 14.3 Å². The van der Waals surface area contributed by atoms with E-state index in [0.29, 0.717) is 28.4 Å². The predicted octanol–water partition coefficient (Wildman–Crippen LogP) is 6.52. The van der Waals surface area contributed by atoms with Crippen molar-refractivity contribution < 1.29 is 19.1 Å². The minimum atomic E-state index is -0.916. The Morgan fingerprint density at radius 1 is 1.15 bits per heavy atom. The lowest BCUT2D eigenvalue weighted by Gasteiger charge is -2.35. The topological polar surface area (TPSA) is 87.7 Å². The summed E-state index contributed by atoms with van der Waals surface area (Å²) >= 11 is 8.03. The Labute approximate surface area is 241 Å². The van der Waals surface area contributed by atoms with Crippen LogP contribution < -0.4 is 10.6 Å². The second-order valence-electron chi connectivity index (χ2n) is 11.2. The molecule has 7 nitrogen and oxygen atoms in total. The second kappa shape index (κ2) is 13.1. The number of ether oxygens (including phenoxy) is 1. The van der Waals surface area contributed by atoms with E-state index in [1.165, 1.54) is 0 Å². The zero-order valence-corrected chi connectivity index (χ0v) is 25.4. The van der Waals surface area contributed by atoms with Crippen molar-refractivity contribution in [2.45, 2.75) is 78.1 Å². The first kappa shape index (κ1) is 30.8. The van der Waals surface area contributed by atoms with Crippen LogP contribution in [0.15, 0.2) is 42.5 Å². The Bertz CT molecular complexity index is 1180. The molecule has 0 aromatic heterocycles. The van der Waals surface area contributed by atoms with Gasteiger partial charge in [-0.05, 0) is 82.6 Å². The lowest BCUT2D eigenvalue weighted by Crippen LogP contribution is -2.53. The van der Waals surface area contributed by atoms with Crippen LogP contribution in [0, 0.1) is 19.8 Å². The molecule has 0 aliphatic heterocycles. The smallest absolute Gasteiger partial charge is 0.408 e. The second-order valence-corrected chi connectivity index (χ2v) is 12.6. The quantitative estimate of drug-likeness (QED) is 0.338. The maximum absolute atomic E-state index is 14.3. The first-order chi connectivity index (χ1) is 18.3. The minimum absolute atomic E-state index is 0.140. The highest BCUT2D eigenvalue weighted by atomic mass is 35.5. The Balaban J connectivity index is 2.04. The van der Waals surface area contributed by atoms with Crippen molar-refractivity contribution in [3.05, 3.63) is 64.2 Å². The third-order valence-electron chi connectivity index (χ3n) is 6.63. The fourth-order valence-electron chi connectivity index (χ4n) is 4.56. The predicted molar refractivity (Wildman–Crippen MR) is 159 cm³/mol. The number of benzene rings is 2. The Hall–Kier alpha value is -2.71. The van der Waals surface area contributed by atoms with E-state index >= 15 is 0 Å². The third kappa shape index (κ3) is 8.39. The summed E-state index contributed by atoms with van der Waals surface area (Å²) in [4.78, 5) is 42.8. The number of hydrogen-bond acceptors (Lipinski definition) is 5. The van der Waals surface area contributed by atoms with Gasteiger partial charge in [-0.25, -0.2) is 4.79 Å². The highest BCUT2D eigenvalue weighted by Gasteiger charge is 2.48. The van der Waals surface area contributed by atoms with Crippen LogP contribution in [0.2, 0.25) is 5.02 Å². The van der Waals surface area contributed by atoms with Gasteiger partial charge >= 0.3 is 6.09 Å². The molecule has 0 spiro atoms. The summed E-state index contributed by atoms with van der Waals surface area (Å²) in [6, 6.07) is 11.1. The fourth-order valence-corrected chi connectivity index (χ4v) is 5.30. The molecule has 0 heterocycles. The summed E-state index contributed by atoms with van der Waals surface area (Å²) in [6.07, 6.45) is 2.47. The molecule has 2 aromatic rings. The van der Waals surface area contributed by atoms with E-state index in [1.807, 2.05) is 56.5 Å². The molecular formula is C30H40ClN3O4S. The van der Waals surface area contributed by atoms with Crippen LogP contribution in [0.5, 0.6) is 0 Å². The van der Waals surface area contributed by atoms with Gasteiger partial charge in [-0.15, -0.1) is 0 Å². The van der Waals surface area contributed by atoms with Gasteiger partial charge in [0.2, 0.25) is 5.91 Å². The van der Waals surface area contributed by atoms with E-state index in [0.717, 1.165) is 17.5 Å². The molecule has 4 unspecified atom stereocenters. The molecule has 2 aromatic carbocycles. The lowest BCUT2D eigenvalue weighted by molar-refractivity contribution is -0.141. The van der Waals surface area contributed by atoms with Crippen LogP contribution in [0.3, 0.4) is 0 Å². The van der Waals surface area contributed by atoms with Gasteiger partial charge in [0.05, 0.1) is 10.7 Å². The van der Waals surface area contributed by atoms with Crippen LogP contribution in [0.1, 0.15) is 63.3 Å². The molecule has 2 N–H and O–H groups in total. The van der Waals surface area contributed by atoms with Crippen LogP contribution in [0.25, 0.3) is 0 Å². The first-order valence-electron chi connectivity index (χ1n) is 13.3. The number of hydrogen-bond donors (Lipinski definition) is 2. The summed E-state index contributed by atoms with van der Waals surface area (Å²) < 4.78 is 5.47. The molecule has 1 fully saturated rings. The SMILES string of the molecule is CSCCC(NC(=O)OC(C)(C)C)C(=O)N(C(C(=O)Nc1c(C)cccc1Cl)c1cccc(C)c1)C1CC1C. The van der Waals surface area contributed by atoms with Crippen molar-refractivity contribution in [1.82, 2.24) is 10.2 Å². The molecule has 1 aliphatic carbocycles. The van der Waals surface area contributed by atoms with Crippen LogP contribution in [-0.4, -0.2) is 52.5 Å². The van der Waals surface area contributed by atoms with Crippen molar-refractivity contribution in [3.63, 3.8) is 0 Å². The van der Waals surface area contributed by atoms with Gasteiger partial charge in [0, 0.05) is 6.04 Å². The number of halogens is 1. The number of amides is 3. The number of nitrogens with zero attached hydrogens (tertiary/aromatic N) is 1. The van der Waals surface area contributed by atoms with Crippen molar-refractivity contribution in [1.29, 1.82) is 0 Å². The fraction of sp³-hybridized carbons (Fsp3) is 0.500. The molecule has 39 heavy (non-hydrogen) atoms. The zero-order valence-electron chi connectivity index (χ0n) is 23.8. The summed E-state index contributed by atoms with van der Waals surface area (Å²) in [5.41, 5.74) is 2.30. The number of para-hydroxylation sites is 1. The first-order valence-corrected chi connectivity index (χ1v) is 15.0. The van der Waals surface area contributed by atoms with Gasteiger partial charge in [-0.2, -0.15) is 11.8 Å². The van der Waals surface area contributed by atoms with Gasteiger partial charge in [0.25, 0.3) is 5.91 Å². The monoisotopic (exact) mass is 573 g/mol. The van der Waals surface area contributed by atoms with Gasteiger partial charge in [-0.1, -0.05) is 60.5 Å². The maximum atomic E-state index is 14.3. The average Bonchev–Trinajstić information content (AvgIpc) is 3.56. The van der Waals surface area contributed by atoms with Crippen molar-refractivity contribution in [3.8, 4) is 0 Å². The van der Waals surface area contributed by atoms with Crippen molar-refractivity contribution in [2.24, 2.45) is 5.92 Å². The third-order valence-corrected chi connectivity index (χ3v) is 7.59. The van der Waals surface area contributed by atoms with E-state index in [9.17, 15) is 14.4 Å². The number of carbonyl (C=O) groups is 3. The van der Waals surface area contributed by atoms with E-state index in [2.05, 4.69) is 17.6 Å². The molecule has 1 aliphatic rings. The number of carbonyl (C=O) groups excluding carboxylic acids is 3. The number of nitrogens with one attached hydrogen (secondary N) is 2. The number of aryl methyl sites for hydroxylation is 2. The maximum Gasteiger partial charge on any atom is 0.408 e. The van der Waals surface area contributed by atoms with Gasteiger partial charge in [0.15, 0.2) is 0 Å². The molecule has 9 heteroatoms. The number of anilines is 1. The summed E-state index contributed by atoms with van der Waals surface area (Å²) in [6.45, 7) is 11.2. The molecule has 0 saturated heterocycles. The van der Waals surface area contributed by atoms with E-state index in [4.69, 9.17) is 16.3 Å². The van der Waals surface area contributed by atoms with Gasteiger partial charge in [-0.3, -0.25) is 9.59 Å². The largest absolute Gasteiger partial charge is 0.444 e. The van der Waals surface area contributed by atoms with Crippen molar-refractivity contribution >= 4 is 47.0 Å². The van der Waals surface area contributed by atoms with E-state index < -0.39 is 23.8 Å². The van der Waals surface area contributed by atoms with Crippen molar-refractivity contribution in [2.75, 3.05) is 17.3 Å². The highest BCUT2D eigenvalue weighted by Crippen LogP contribution is 2.41. The Morgan fingerprint density at radius 3 is 2.38 bits per heavy atom. The summed E-state index contributed by atoms with van der Waals surface area (Å²) in [5, 5.41) is 6.22. The molecule has 1 saturated carbocycles. The molecule has 3 amide bonds. The normalized spacial score (nSPS) is 18.1. The Kier molecular flexibility index (Phi) is 10.4. The molecule has 0 radical (unpaired) electrons. The zero-order chi connectivity index (χ0) is 28.9. The Morgan fingerprint density at radius 2 is 1.82 bits per heavy atom. The number of rotatable bonds is 10. The van der Waals surface area contributed by atoms with E-state index in [1.54, 1.807) is 43.5 Å². The van der Waals surface area contributed by atoms with E-state index in [-0.39, 0.29) is 23.8 Å².